The minimum atomic E-state index is 0. The van der Waals surface area contributed by atoms with E-state index in [9.17, 15) is 0 Å². The minimum absolute atomic E-state index is 0. The average molecular weight is 360 g/mol. The van der Waals surface area contributed by atoms with Crippen molar-refractivity contribution in [1.29, 1.82) is 0 Å². The second-order valence-corrected chi connectivity index (χ2v) is 5.72. The van der Waals surface area contributed by atoms with Crippen molar-refractivity contribution in [2.75, 3.05) is 26.5 Å². The van der Waals surface area contributed by atoms with Crippen LogP contribution in [-0.4, -0.2) is 46.7 Å². The van der Waals surface area contributed by atoms with Crippen LogP contribution in [-0.2, 0) is 13.6 Å². The zero-order valence-electron chi connectivity index (χ0n) is 13.5. The summed E-state index contributed by atoms with van der Waals surface area (Å²) in [6.45, 7) is 1.74. The maximum Gasteiger partial charge on any atom is 0.209 e. The first-order valence-corrected chi connectivity index (χ1v) is 8.00. The monoisotopic (exact) mass is 359 g/mol. The molecule has 1 aromatic heterocycles. The molecule has 0 amide bonds. The normalized spacial score (nSPS) is 10.2. The average Bonchev–Trinajstić information content (AvgIpc) is 2.95. The number of nitrogens with zero attached hydrogens (tertiary/aromatic N) is 4. The number of rotatable bonds is 9. The van der Waals surface area contributed by atoms with Crippen molar-refractivity contribution in [2.45, 2.75) is 18.1 Å². The highest BCUT2D eigenvalue weighted by molar-refractivity contribution is 7.99. The standard InChI is InChI=1S/C14H21N5O2S.ClH/c1-19-14(16-17-18-19)22-8-4-7-15-10-11-5-6-12(20-2)13(9-11)21-3;/h5-6,9,15H,4,7-8,10H2,1-3H3;1H. The number of halogens is 1. The van der Waals surface area contributed by atoms with E-state index in [0.717, 1.165) is 41.9 Å². The number of thioether (sulfide) groups is 1. The lowest BCUT2D eigenvalue weighted by atomic mass is 10.2. The van der Waals surface area contributed by atoms with Gasteiger partial charge in [-0.3, -0.25) is 0 Å². The lowest BCUT2D eigenvalue weighted by Crippen LogP contribution is -2.15. The number of aryl methyl sites for hydroxylation is 1. The van der Waals surface area contributed by atoms with Gasteiger partial charge in [0.15, 0.2) is 11.5 Å². The van der Waals surface area contributed by atoms with Gasteiger partial charge in [0, 0.05) is 19.3 Å². The molecule has 1 aromatic carbocycles. The van der Waals surface area contributed by atoms with Gasteiger partial charge in [0.1, 0.15) is 0 Å². The zero-order chi connectivity index (χ0) is 15.8. The number of tetrazole rings is 1. The van der Waals surface area contributed by atoms with E-state index in [0.29, 0.717) is 0 Å². The first kappa shape index (κ1) is 19.5. The number of nitrogens with one attached hydrogen (secondary N) is 1. The highest BCUT2D eigenvalue weighted by Gasteiger charge is 2.04. The Morgan fingerprint density at radius 1 is 1.22 bits per heavy atom. The first-order chi connectivity index (χ1) is 10.7. The fourth-order valence-corrected chi connectivity index (χ4v) is 2.72. The number of ether oxygens (including phenoxy) is 2. The molecule has 0 saturated carbocycles. The Kier molecular flexibility index (Phi) is 8.75. The van der Waals surface area contributed by atoms with E-state index >= 15 is 0 Å². The van der Waals surface area contributed by atoms with Crippen LogP contribution in [0.25, 0.3) is 0 Å². The van der Waals surface area contributed by atoms with Gasteiger partial charge in [-0.1, -0.05) is 17.8 Å². The SMILES string of the molecule is COc1ccc(CNCCCSc2nnnn2C)cc1OC.Cl. The van der Waals surface area contributed by atoms with Crippen LogP contribution in [0.3, 0.4) is 0 Å². The van der Waals surface area contributed by atoms with Crippen LogP contribution in [0.15, 0.2) is 23.4 Å². The van der Waals surface area contributed by atoms with Crippen molar-refractivity contribution in [3.63, 3.8) is 0 Å². The summed E-state index contributed by atoms with van der Waals surface area (Å²) in [6, 6.07) is 5.95. The molecule has 2 aromatic rings. The lowest BCUT2D eigenvalue weighted by molar-refractivity contribution is 0.354. The molecule has 0 aliphatic rings. The first-order valence-electron chi connectivity index (χ1n) is 7.01. The summed E-state index contributed by atoms with van der Waals surface area (Å²) in [4.78, 5) is 0. The quantitative estimate of drug-likeness (QED) is 0.541. The Morgan fingerprint density at radius 3 is 2.65 bits per heavy atom. The topological polar surface area (TPSA) is 74.1 Å². The number of hydrogen-bond acceptors (Lipinski definition) is 7. The third kappa shape index (κ3) is 5.89. The summed E-state index contributed by atoms with van der Waals surface area (Å²) in [7, 11) is 5.13. The highest BCUT2D eigenvalue weighted by Crippen LogP contribution is 2.27. The maximum atomic E-state index is 5.30. The molecule has 0 bridgehead atoms. The Balaban J connectivity index is 0.00000264. The van der Waals surface area contributed by atoms with Crippen molar-refractivity contribution in [2.24, 2.45) is 7.05 Å². The summed E-state index contributed by atoms with van der Waals surface area (Å²) in [6.07, 6.45) is 1.05. The summed E-state index contributed by atoms with van der Waals surface area (Å²) >= 11 is 1.66. The van der Waals surface area contributed by atoms with E-state index in [1.807, 2.05) is 25.2 Å². The van der Waals surface area contributed by atoms with Gasteiger partial charge in [0.25, 0.3) is 0 Å². The molecule has 1 heterocycles. The lowest BCUT2D eigenvalue weighted by Gasteiger charge is -2.10. The molecular weight excluding hydrogens is 338 g/mol. The van der Waals surface area contributed by atoms with E-state index in [1.54, 1.807) is 30.7 Å². The van der Waals surface area contributed by atoms with Gasteiger partial charge >= 0.3 is 0 Å². The summed E-state index contributed by atoms with van der Waals surface area (Å²) < 4.78 is 12.2. The predicted molar refractivity (Wildman–Crippen MR) is 92.6 cm³/mol. The van der Waals surface area contributed by atoms with Crippen molar-refractivity contribution in [3.05, 3.63) is 23.8 Å². The molecule has 0 radical (unpaired) electrons. The Hall–Kier alpha value is -1.51. The fourth-order valence-electron chi connectivity index (χ4n) is 1.93. The summed E-state index contributed by atoms with van der Waals surface area (Å²) in [5.41, 5.74) is 1.17. The number of hydrogen-bond donors (Lipinski definition) is 1. The molecule has 23 heavy (non-hydrogen) atoms. The van der Waals surface area contributed by atoms with E-state index in [2.05, 4.69) is 20.8 Å². The van der Waals surface area contributed by atoms with Gasteiger partial charge in [-0.05, 0) is 41.1 Å². The molecule has 0 atom stereocenters. The molecule has 128 valence electrons. The van der Waals surface area contributed by atoms with Gasteiger partial charge in [0.2, 0.25) is 5.16 Å². The van der Waals surface area contributed by atoms with Gasteiger partial charge in [-0.2, -0.15) is 0 Å². The predicted octanol–water partition coefficient (Wildman–Crippen LogP) is 1.92. The van der Waals surface area contributed by atoms with Crippen molar-refractivity contribution >= 4 is 24.2 Å². The molecule has 1 N–H and O–H groups in total. The van der Waals surface area contributed by atoms with Crippen LogP contribution in [0.4, 0.5) is 0 Å². The second kappa shape index (κ2) is 10.3. The summed E-state index contributed by atoms with van der Waals surface area (Å²) in [5.74, 6) is 2.49. The molecular formula is C14H22ClN5O2S. The van der Waals surface area contributed by atoms with E-state index in [4.69, 9.17) is 9.47 Å². The third-order valence-electron chi connectivity index (χ3n) is 3.09. The van der Waals surface area contributed by atoms with Crippen LogP contribution in [0.5, 0.6) is 11.5 Å². The Bertz CT molecular complexity index is 596. The van der Waals surface area contributed by atoms with Gasteiger partial charge in [-0.25, -0.2) is 4.68 Å². The van der Waals surface area contributed by atoms with E-state index in [-0.39, 0.29) is 12.4 Å². The van der Waals surface area contributed by atoms with Gasteiger partial charge in [-0.15, -0.1) is 17.5 Å². The number of methoxy groups -OCH3 is 2. The largest absolute Gasteiger partial charge is 0.493 e. The smallest absolute Gasteiger partial charge is 0.209 e. The van der Waals surface area contributed by atoms with Crippen molar-refractivity contribution < 1.29 is 9.47 Å². The molecule has 7 nitrogen and oxygen atoms in total. The van der Waals surface area contributed by atoms with Gasteiger partial charge < -0.3 is 14.8 Å². The molecule has 9 heteroatoms. The Labute approximate surface area is 146 Å². The highest BCUT2D eigenvalue weighted by atomic mass is 35.5. The molecule has 0 aliphatic carbocycles. The minimum Gasteiger partial charge on any atom is -0.493 e. The van der Waals surface area contributed by atoms with Crippen LogP contribution >= 0.6 is 24.2 Å². The van der Waals surface area contributed by atoms with Crippen molar-refractivity contribution in [1.82, 2.24) is 25.5 Å². The molecule has 0 fully saturated rings. The van der Waals surface area contributed by atoms with E-state index < -0.39 is 0 Å². The zero-order valence-corrected chi connectivity index (χ0v) is 15.1. The molecule has 0 unspecified atom stereocenters. The van der Waals surface area contributed by atoms with Crippen LogP contribution < -0.4 is 14.8 Å². The molecule has 0 spiro atoms. The molecule has 0 saturated heterocycles. The van der Waals surface area contributed by atoms with Crippen LogP contribution in [0.1, 0.15) is 12.0 Å². The molecule has 2 rings (SSSR count). The van der Waals surface area contributed by atoms with Gasteiger partial charge in [0.05, 0.1) is 14.2 Å². The number of aromatic nitrogens is 4. The fraction of sp³-hybridized carbons (Fsp3) is 0.500. The van der Waals surface area contributed by atoms with Crippen LogP contribution in [0, 0.1) is 0 Å². The second-order valence-electron chi connectivity index (χ2n) is 4.65. The summed E-state index contributed by atoms with van der Waals surface area (Å²) in [5, 5.41) is 15.6. The van der Waals surface area contributed by atoms with Crippen LogP contribution in [0.2, 0.25) is 0 Å². The third-order valence-corrected chi connectivity index (χ3v) is 4.18. The Morgan fingerprint density at radius 2 is 2.00 bits per heavy atom. The van der Waals surface area contributed by atoms with E-state index in [1.165, 1.54) is 5.56 Å². The van der Waals surface area contributed by atoms with Crippen molar-refractivity contribution in [3.8, 4) is 11.5 Å². The number of benzene rings is 1. The molecule has 0 aliphatic heterocycles. The maximum absolute atomic E-state index is 5.30.